The van der Waals surface area contributed by atoms with Gasteiger partial charge < -0.3 is 4.74 Å². The van der Waals surface area contributed by atoms with E-state index in [0.29, 0.717) is 0 Å². The second-order valence-electron chi connectivity index (χ2n) is 2.21. The van der Waals surface area contributed by atoms with Crippen LogP contribution in [0.25, 0.3) is 6.08 Å². The van der Waals surface area contributed by atoms with E-state index in [1.165, 1.54) is 6.08 Å². The van der Waals surface area contributed by atoms with Crippen LogP contribution in [-0.2, 0) is 9.53 Å². The zero-order chi connectivity index (χ0) is 8.81. The summed E-state index contributed by atoms with van der Waals surface area (Å²) in [5, 5.41) is 0. The van der Waals surface area contributed by atoms with Gasteiger partial charge in [-0.1, -0.05) is 30.3 Å². The second-order valence-corrected chi connectivity index (χ2v) is 2.21. The van der Waals surface area contributed by atoms with Crippen molar-refractivity contribution in [1.82, 2.24) is 0 Å². The Morgan fingerprint density at radius 3 is 2.58 bits per heavy atom. The van der Waals surface area contributed by atoms with Gasteiger partial charge in [0.2, 0.25) is 0 Å². The van der Waals surface area contributed by atoms with Crippen LogP contribution >= 0.6 is 0 Å². The van der Waals surface area contributed by atoms with Crippen LogP contribution in [-0.4, -0.2) is 5.97 Å². The molecule has 1 aromatic rings. The van der Waals surface area contributed by atoms with E-state index in [-0.39, 0.29) is 0 Å². The number of hydrogen-bond acceptors (Lipinski definition) is 2. The summed E-state index contributed by atoms with van der Waals surface area (Å²) in [6.07, 6.45) is 3.01. The van der Waals surface area contributed by atoms with Crippen molar-refractivity contribution in [2.45, 2.75) is 0 Å². The number of benzene rings is 1. The lowest BCUT2D eigenvalue weighted by Crippen LogP contribution is -1.90. The first kappa shape index (κ1) is 8.53. The quantitative estimate of drug-likeness (QED) is 0.490. The molecule has 0 bridgehead atoms. The Balaban J connectivity index is 2.64. The topological polar surface area (TPSA) is 26.3 Å². The second kappa shape index (κ2) is 4.34. The number of ether oxygens (including phenoxy) is 1. The highest BCUT2D eigenvalue weighted by Crippen LogP contribution is 2.00. The Morgan fingerprint density at radius 2 is 2.00 bits per heavy atom. The highest BCUT2D eigenvalue weighted by Gasteiger charge is 1.89. The number of carbonyl (C=O) groups excluding carboxylic acids is 1. The zero-order valence-electron chi connectivity index (χ0n) is 6.57. The summed E-state index contributed by atoms with van der Waals surface area (Å²) in [7, 11) is 3.00. The van der Waals surface area contributed by atoms with Crippen molar-refractivity contribution in [3.05, 3.63) is 49.1 Å². The predicted molar refractivity (Wildman–Crippen MR) is 46.9 cm³/mol. The van der Waals surface area contributed by atoms with E-state index in [0.717, 1.165) is 5.56 Å². The molecule has 2 nitrogen and oxygen atoms in total. The van der Waals surface area contributed by atoms with Gasteiger partial charge in [0.05, 0.1) is 0 Å². The van der Waals surface area contributed by atoms with Gasteiger partial charge in [0, 0.05) is 6.08 Å². The van der Waals surface area contributed by atoms with Crippen molar-refractivity contribution in [3.8, 4) is 0 Å². The fourth-order valence-corrected chi connectivity index (χ4v) is 0.777. The minimum Gasteiger partial charge on any atom is -0.459 e. The normalized spacial score (nSPS) is 10.1. The highest BCUT2D eigenvalue weighted by molar-refractivity contribution is 5.87. The van der Waals surface area contributed by atoms with E-state index in [9.17, 15) is 4.79 Å². The molecule has 0 amide bonds. The lowest BCUT2D eigenvalue weighted by Gasteiger charge is -1.90. The minimum atomic E-state index is -0.446. The molecule has 61 valence electrons. The van der Waals surface area contributed by atoms with E-state index in [1.54, 1.807) is 6.08 Å². The van der Waals surface area contributed by atoms with Gasteiger partial charge in [0.15, 0.2) is 0 Å². The molecule has 0 atom stereocenters. The van der Waals surface area contributed by atoms with Crippen LogP contribution in [0, 0.1) is 7.11 Å². The first-order chi connectivity index (χ1) is 5.83. The lowest BCUT2D eigenvalue weighted by atomic mass is 10.2. The molecule has 0 saturated heterocycles. The molecular weight excluding hydrogens is 152 g/mol. The van der Waals surface area contributed by atoms with E-state index in [4.69, 9.17) is 0 Å². The Kier molecular flexibility index (Phi) is 3.08. The molecule has 0 unspecified atom stereocenters. The van der Waals surface area contributed by atoms with E-state index >= 15 is 0 Å². The maximum atomic E-state index is 10.6. The summed E-state index contributed by atoms with van der Waals surface area (Å²) < 4.78 is 4.20. The monoisotopic (exact) mass is 161 g/mol. The number of hydrogen-bond donors (Lipinski definition) is 0. The average Bonchev–Trinajstić information content (AvgIpc) is 2.16. The largest absolute Gasteiger partial charge is 0.459 e. The van der Waals surface area contributed by atoms with Crippen molar-refractivity contribution < 1.29 is 9.53 Å². The summed E-state index contributed by atoms with van der Waals surface area (Å²) >= 11 is 0. The summed E-state index contributed by atoms with van der Waals surface area (Å²) in [6, 6.07) is 9.50. The van der Waals surface area contributed by atoms with Gasteiger partial charge in [0.25, 0.3) is 0 Å². The fourth-order valence-electron chi connectivity index (χ4n) is 0.777. The van der Waals surface area contributed by atoms with Gasteiger partial charge in [-0.15, -0.1) is 0 Å². The summed E-state index contributed by atoms with van der Waals surface area (Å²) in [5.74, 6) is -0.446. The molecule has 0 heterocycles. The van der Waals surface area contributed by atoms with Gasteiger partial charge in [-0.05, 0) is 11.6 Å². The van der Waals surface area contributed by atoms with Crippen LogP contribution in [0.15, 0.2) is 36.4 Å². The van der Waals surface area contributed by atoms with Crippen molar-refractivity contribution >= 4 is 12.0 Å². The standard InChI is InChI=1S/C10H9O2/c1-12-10(11)8-7-9-5-3-2-4-6-9/h2-8H,1H2/b8-7+. The minimum absolute atomic E-state index is 0.446. The molecule has 12 heavy (non-hydrogen) atoms. The Bertz CT molecular complexity index is 275. The molecule has 0 spiro atoms. The molecule has 1 aromatic carbocycles. The first-order valence-corrected chi connectivity index (χ1v) is 3.52. The average molecular weight is 161 g/mol. The van der Waals surface area contributed by atoms with Gasteiger partial charge >= 0.3 is 5.97 Å². The van der Waals surface area contributed by atoms with Crippen molar-refractivity contribution in [2.24, 2.45) is 0 Å². The zero-order valence-corrected chi connectivity index (χ0v) is 6.57. The molecule has 0 aliphatic rings. The molecular formula is C10H9O2. The maximum absolute atomic E-state index is 10.6. The summed E-state index contributed by atoms with van der Waals surface area (Å²) in [4.78, 5) is 10.6. The van der Waals surface area contributed by atoms with Crippen LogP contribution < -0.4 is 0 Å². The summed E-state index contributed by atoms with van der Waals surface area (Å²) in [6.45, 7) is 0. The third kappa shape index (κ3) is 2.58. The number of carbonyl (C=O) groups is 1. The van der Waals surface area contributed by atoms with Crippen molar-refractivity contribution in [1.29, 1.82) is 0 Å². The molecule has 0 aromatic heterocycles. The predicted octanol–water partition coefficient (Wildman–Crippen LogP) is 2.03. The van der Waals surface area contributed by atoms with Gasteiger partial charge in [-0.3, -0.25) is 0 Å². The number of rotatable bonds is 2. The lowest BCUT2D eigenvalue weighted by molar-refractivity contribution is -0.132. The van der Waals surface area contributed by atoms with E-state index in [2.05, 4.69) is 11.8 Å². The molecule has 0 N–H and O–H groups in total. The van der Waals surface area contributed by atoms with Crippen LogP contribution in [0.3, 0.4) is 0 Å². The Morgan fingerprint density at radius 1 is 1.33 bits per heavy atom. The van der Waals surface area contributed by atoms with E-state index in [1.807, 2.05) is 30.3 Å². The Hall–Kier alpha value is -1.57. The summed E-state index contributed by atoms with van der Waals surface area (Å²) in [5.41, 5.74) is 0.961. The van der Waals surface area contributed by atoms with Gasteiger partial charge in [-0.2, -0.15) is 0 Å². The third-order valence-corrected chi connectivity index (χ3v) is 1.35. The van der Waals surface area contributed by atoms with Gasteiger partial charge in [-0.25, -0.2) is 4.79 Å². The molecule has 1 radical (unpaired) electrons. The molecule has 0 fully saturated rings. The van der Waals surface area contributed by atoms with Crippen molar-refractivity contribution in [2.75, 3.05) is 0 Å². The van der Waals surface area contributed by atoms with Crippen molar-refractivity contribution in [3.63, 3.8) is 0 Å². The SMILES string of the molecule is [CH2]OC(=O)/C=C/c1ccccc1. The highest BCUT2D eigenvalue weighted by atomic mass is 16.5. The smallest absolute Gasteiger partial charge is 0.330 e. The Labute approximate surface area is 71.5 Å². The van der Waals surface area contributed by atoms with Crippen LogP contribution in [0.2, 0.25) is 0 Å². The maximum Gasteiger partial charge on any atom is 0.330 e. The van der Waals surface area contributed by atoms with Crippen LogP contribution in [0.1, 0.15) is 5.56 Å². The molecule has 1 rings (SSSR count). The van der Waals surface area contributed by atoms with Crippen LogP contribution in [0.4, 0.5) is 0 Å². The molecule has 0 aliphatic carbocycles. The fraction of sp³-hybridized carbons (Fsp3) is 0. The number of esters is 1. The molecule has 0 aliphatic heterocycles. The van der Waals surface area contributed by atoms with E-state index < -0.39 is 5.97 Å². The molecule has 0 saturated carbocycles. The third-order valence-electron chi connectivity index (χ3n) is 1.35. The van der Waals surface area contributed by atoms with Crippen LogP contribution in [0.5, 0.6) is 0 Å². The van der Waals surface area contributed by atoms with Gasteiger partial charge in [0.1, 0.15) is 7.11 Å². The molecule has 2 heteroatoms. The first-order valence-electron chi connectivity index (χ1n) is 3.52.